The monoisotopic (exact) mass is 312 g/mol. The van der Waals surface area contributed by atoms with Crippen molar-refractivity contribution in [3.05, 3.63) is 72.8 Å². The van der Waals surface area contributed by atoms with E-state index in [-0.39, 0.29) is 0 Å². The third-order valence-electron chi connectivity index (χ3n) is 4.16. The minimum Gasteiger partial charge on any atom is -0.398 e. The number of H-pyrrole nitrogens is 2. The molecule has 4 heteroatoms. The molecule has 0 aliphatic rings. The molecule has 4 nitrogen and oxygen atoms in total. The number of hydrogen-bond donors (Lipinski definition) is 1. The Hall–Kier alpha value is -3.40. The molecule has 0 saturated carbocycles. The van der Waals surface area contributed by atoms with Crippen molar-refractivity contribution in [2.24, 2.45) is 0 Å². The first-order valence-electron chi connectivity index (χ1n) is 7.83. The van der Waals surface area contributed by atoms with E-state index in [2.05, 4.69) is 15.0 Å². The fourth-order valence-electron chi connectivity index (χ4n) is 2.92. The van der Waals surface area contributed by atoms with Crippen LogP contribution in [0.25, 0.3) is 45.0 Å². The maximum absolute atomic E-state index is 5.87. The Morgan fingerprint density at radius 1 is 0.792 bits per heavy atom. The van der Waals surface area contributed by atoms with Crippen LogP contribution in [-0.2, 0) is 0 Å². The lowest BCUT2D eigenvalue weighted by atomic mass is 10.1. The highest BCUT2D eigenvalue weighted by molar-refractivity contribution is 5.79. The number of aromatic amines is 2. The summed E-state index contributed by atoms with van der Waals surface area (Å²) in [4.78, 5) is 11.3. The van der Waals surface area contributed by atoms with Gasteiger partial charge in [0.05, 0.1) is 16.6 Å². The van der Waals surface area contributed by atoms with Crippen LogP contribution >= 0.6 is 0 Å². The zero-order chi connectivity index (χ0) is 15.9. The van der Waals surface area contributed by atoms with Crippen LogP contribution in [0.4, 0.5) is 0 Å². The van der Waals surface area contributed by atoms with E-state index in [1.54, 1.807) is 0 Å². The molecule has 0 aliphatic heterocycles. The maximum Gasteiger partial charge on any atom is 0.379 e. The highest BCUT2D eigenvalue weighted by atomic mass is 16.3. The molecule has 24 heavy (non-hydrogen) atoms. The molecule has 3 aromatic carbocycles. The van der Waals surface area contributed by atoms with Gasteiger partial charge in [-0.1, -0.05) is 36.4 Å². The Labute approximate surface area is 137 Å². The molecule has 0 bridgehead atoms. The van der Waals surface area contributed by atoms with E-state index < -0.39 is 0 Å². The van der Waals surface area contributed by atoms with Gasteiger partial charge in [0.1, 0.15) is 5.82 Å². The molecule has 0 spiro atoms. The summed E-state index contributed by atoms with van der Waals surface area (Å²) in [6, 6.07) is 24.1. The van der Waals surface area contributed by atoms with E-state index in [1.165, 1.54) is 0 Å². The average Bonchev–Trinajstić information content (AvgIpc) is 3.25. The highest BCUT2D eigenvalue weighted by Crippen LogP contribution is 2.25. The molecular weight excluding hydrogens is 298 g/mol. The molecule has 0 amide bonds. The Morgan fingerprint density at radius 3 is 2.38 bits per heavy atom. The summed E-state index contributed by atoms with van der Waals surface area (Å²) in [5.41, 5.74) is 5.92. The third-order valence-corrected chi connectivity index (χ3v) is 4.16. The summed E-state index contributed by atoms with van der Waals surface area (Å²) in [6.07, 6.45) is 0. The van der Waals surface area contributed by atoms with Gasteiger partial charge in [0.2, 0.25) is 11.1 Å². The predicted molar refractivity (Wildman–Crippen MR) is 93.3 cm³/mol. The van der Waals surface area contributed by atoms with Crippen LogP contribution in [0.1, 0.15) is 0 Å². The number of nitrogens with one attached hydrogen (secondary N) is 2. The lowest BCUT2D eigenvalue weighted by Crippen LogP contribution is -2.00. The number of oxazole rings is 1. The number of hydrogen-bond acceptors (Lipinski definition) is 2. The molecule has 0 aliphatic carbocycles. The van der Waals surface area contributed by atoms with Crippen molar-refractivity contribution < 1.29 is 9.40 Å². The highest BCUT2D eigenvalue weighted by Gasteiger charge is 2.15. The van der Waals surface area contributed by atoms with Crippen LogP contribution in [0.3, 0.4) is 0 Å². The normalized spacial score (nSPS) is 11.3. The van der Waals surface area contributed by atoms with Crippen LogP contribution in [0.2, 0.25) is 0 Å². The summed E-state index contributed by atoms with van der Waals surface area (Å²) in [7, 11) is 0. The first-order chi connectivity index (χ1) is 11.9. The van der Waals surface area contributed by atoms with Crippen LogP contribution < -0.4 is 4.98 Å². The van der Waals surface area contributed by atoms with Gasteiger partial charge in [0, 0.05) is 11.6 Å². The largest absolute Gasteiger partial charge is 0.398 e. The van der Waals surface area contributed by atoms with Crippen LogP contribution in [0.5, 0.6) is 0 Å². The molecular formula is C20H14N3O+. The fraction of sp³-hybridized carbons (Fsp3) is 0. The Kier molecular flexibility index (Phi) is 2.76. The van der Waals surface area contributed by atoms with Crippen molar-refractivity contribution in [3.8, 4) is 22.8 Å². The zero-order valence-corrected chi connectivity index (χ0v) is 12.8. The molecule has 0 atom stereocenters. The lowest BCUT2D eigenvalue weighted by Gasteiger charge is -1.96. The number of rotatable bonds is 2. The first-order valence-corrected chi connectivity index (χ1v) is 7.83. The summed E-state index contributed by atoms with van der Waals surface area (Å²) in [5, 5.41) is 0. The summed E-state index contributed by atoms with van der Waals surface area (Å²) < 4.78 is 5.87. The van der Waals surface area contributed by atoms with E-state index in [1.807, 2.05) is 72.8 Å². The first kappa shape index (κ1) is 13.1. The minimum absolute atomic E-state index is 0.757. The summed E-state index contributed by atoms with van der Waals surface area (Å²) in [5.74, 6) is 1.63. The predicted octanol–water partition coefficient (Wildman–Crippen LogP) is 4.46. The number of para-hydroxylation sites is 4. The molecule has 2 heterocycles. The van der Waals surface area contributed by atoms with E-state index in [9.17, 15) is 0 Å². The van der Waals surface area contributed by atoms with Crippen molar-refractivity contribution in [1.82, 2.24) is 9.97 Å². The fourth-order valence-corrected chi connectivity index (χ4v) is 2.92. The molecule has 2 aromatic heterocycles. The molecule has 0 fully saturated rings. The Balaban J connectivity index is 1.54. The smallest absolute Gasteiger partial charge is 0.379 e. The maximum atomic E-state index is 5.87. The van der Waals surface area contributed by atoms with Gasteiger partial charge < -0.3 is 9.40 Å². The van der Waals surface area contributed by atoms with Crippen molar-refractivity contribution in [2.45, 2.75) is 0 Å². The van der Waals surface area contributed by atoms with Gasteiger partial charge >= 0.3 is 5.89 Å². The molecule has 114 valence electrons. The van der Waals surface area contributed by atoms with E-state index in [4.69, 9.17) is 4.42 Å². The number of benzene rings is 3. The van der Waals surface area contributed by atoms with Crippen LogP contribution in [0, 0.1) is 0 Å². The molecule has 2 N–H and O–H groups in total. The van der Waals surface area contributed by atoms with Gasteiger partial charge in [-0.2, -0.15) is 4.98 Å². The second kappa shape index (κ2) is 5.06. The zero-order valence-electron chi connectivity index (χ0n) is 12.8. The molecule has 5 rings (SSSR count). The Bertz CT molecular complexity index is 993. The van der Waals surface area contributed by atoms with Gasteiger partial charge in [-0.05, 0) is 30.3 Å². The number of nitrogens with zero attached hydrogens (tertiary/aromatic N) is 1. The van der Waals surface area contributed by atoms with Crippen LogP contribution in [-0.4, -0.2) is 9.97 Å². The Morgan fingerprint density at radius 2 is 1.54 bits per heavy atom. The number of fused-ring (bicyclic) bond motifs is 2. The molecule has 0 unspecified atom stereocenters. The van der Waals surface area contributed by atoms with Gasteiger partial charge in [-0.25, -0.2) is 4.98 Å². The summed E-state index contributed by atoms with van der Waals surface area (Å²) >= 11 is 0. The van der Waals surface area contributed by atoms with Gasteiger partial charge in [0.15, 0.2) is 0 Å². The summed E-state index contributed by atoms with van der Waals surface area (Å²) in [6.45, 7) is 0. The standard InChI is InChI=1S/C20H13N3O/c1-2-6-16-15(5-1)21-19(22-16)13-9-11-14(12-10-13)20-23-17-7-3-4-8-18(17)24-20/h1-12H,(H,21,22)/p+1. The molecule has 0 radical (unpaired) electrons. The van der Waals surface area contributed by atoms with Crippen molar-refractivity contribution >= 4 is 22.1 Å². The van der Waals surface area contributed by atoms with Gasteiger partial charge in [-0.15, -0.1) is 0 Å². The number of imidazole rings is 1. The SMILES string of the molecule is c1ccc2[nH]c(-c3ccc(-c4[nH+]c5ccccc5o4)cc3)nc2c1. The van der Waals surface area contributed by atoms with E-state index >= 15 is 0 Å². The van der Waals surface area contributed by atoms with E-state index in [0.29, 0.717) is 0 Å². The van der Waals surface area contributed by atoms with Crippen molar-refractivity contribution in [3.63, 3.8) is 0 Å². The number of aromatic nitrogens is 3. The average molecular weight is 312 g/mol. The van der Waals surface area contributed by atoms with E-state index in [0.717, 1.165) is 45.0 Å². The van der Waals surface area contributed by atoms with Gasteiger partial charge in [-0.3, -0.25) is 0 Å². The second-order valence-corrected chi connectivity index (χ2v) is 5.73. The second-order valence-electron chi connectivity index (χ2n) is 5.73. The van der Waals surface area contributed by atoms with Crippen LogP contribution in [0.15, 0.2) is 77.2 Å². The molecule has 5 aromatic rings. The quantitative estimate of drug-likeness (QED) is 0.523. The third kappa shape index (κ3) is 2.08. The topological polar surface area (TPSA) is 56.0 Å². The molecule has 0 saturated heterocycles. The lowest BCUT2D eigenvalue weighted by molar-refractivity contribution is -0.338. The van der Waals surface area contributed by atoms with Crippen molar-refractivity contribution in [1.29, 1.82) is 0 Å². The van der Waals surface area contributed by atoms with Gasteiger partial charge in [0.25, 0.3) is 0 Å². The van der Waals surface area contributed by atoms with Crippen molar-refractivity contribution in [2.75, 3.05) is 0 Å². The minimum atomic E-state index is 0.757.